The predicted octanol–water partition coefficient (Wildman–Crippen LogP) is 2.14. The molecule has 142 valence electrons. The molecule has 0 radical (unpaired) electrons. The zero-order valence-corrected chi connectivity index (χ0v) is 15.8. The van der Waals surface area contributed by atoms with Crippen molar-refractivity contribution in [2.75, 3.05) is 26.0 Å². The highest BCUT2D eigenvalue weighted by atomic mass is 32.2. The van der Waals surface area contributed by atoms with Crippen molar-refractivity contribution in [2.24, 2.45) is 0 Å². The summed E-state index contributed by atoms with van der Waals surface area (Å²) in [6.07, 6.45) is 1.34. The second-order valence-electron chi connectivity index (χ2n) is 6.52. The summed E-state index contributed by atoms with van der Waals surface area (Å²) < 4.78 is 40.1. The van der Waals surface area contributed by atoms with Gasteiger partial charge in [0.05, 0.1) is 29.7 Å². The molecule has 27 heavy (non-hydrogen) atoms. The molecule has 1 aromatic heterocycles. The minimum Gasteiger partial charge on any atom is -0.486 e. The Morgan fingerprint density at radius 3 is 2.74 bits per heavy atom. The first-order valence-electron chi connectivity index (χ1n) is 8.75. The van der Waals surface area contributed by atoms with E-state index in [0.717, 1.165) is 11.0 Å². The lowest BCUT2D eigenvalue weighted by Crippen LogP contribution is -2.42. The van der Waals surface area contributed by atoms with E-state index in [0.29, 0.717) is 24.7 Å². The Balaban J connectivity index is 1.38. The molecule has 0 fully saturated rings. The molecule has 7 nitrogen and oxygen atoms in total. The molecule has 0 saturated heterocycles. The maximum Gasteiger partial charge on any atom is 0.215 e. The third kappa shape index (κ3) is 3.77. The van der Waals surface area contributed by atoms with E-state index < -0.39 is 10.0 Å². The third-order valence-corrected chi connectivity index (χ3v) is 6.42. The van der Waals surface area contributed by atoms with Crippen LogP contribution in [0.4, 0.5) is 0 Å². The van der Waals surface area contributed by atoms with E-state index in [1.807, 2.05) is 53.1 Å². The summed E-state index contributed by atoms with van der Waals surface area (Å²) in [7, 11) is -1.86. The van der Waals surface area contributed by atoms with Crippen molar-refractivity contribution >= 4 is 21.1 Å². The van der Waals surface area contributed by atoms with Gasteiger partial charge in [-0.1, -0.05) is 24.3 Å². The Morgan fingerprint density at radius 1 is 1.15 bits per heavy atom. The average molecular weight is 387 g/mol. The number of hydrogen-bond donors (Lipinski definition) is 0. The second-order valence-corrected chi connectivity index (χ2v) is 8.72. The van der Waals surface area contributed by atoms with E-state index in [9.17, 15) is 8.42 Å². The Hall–Kier alpha value is -2.58. The van der Waals surface area contributed by atoms with Crippen molar-refractivity contribution in [3.8, 4) is 11.5 Å². The van der Waals surface area contributed by atoms with Crippen LogP contribution >= 0.6 is 0 Å². The smallest absolute Gasteiger partial charge is 0.215 e. The normalized spacial score (nSPS) is 16.7. The van der Waals surface area contributed by atoms with Crippen LogP contribution in [0.5, 0.6) is 11.5 Å². The zero-order valence-electron chi connectivity index (χ0n) is 15.0. The third-order valence-electron chi connectivity index (χ3n) is 4.62. The van der Waals surface area contributed by atoms with Crippen LogP contribution in [0.2, 0.25) is 0 Å². The van der Waals surface area contributed by atoms with Gasteiger partial charge in [-0.2, -0.15) is 0 Å². The minimum atomic E-state index is -3.43. The Bertz CT molecular complexity index is 1050. The van der Waals surface area contributed by atoms with Crippen LogP contribution in [0, 0.1) is 0 Å². The number of ether oxygens (including phenoxy) is 2. The van der Waals surface area contributed by atoms with E-state index in [4.69, 9.17) is 9.47 Å². The van der Waals surface area contributed by atoms with Gasteiger partial charge in [-0.25, -0.2) is 17.7 Å². The standard InChI is InChI=1S/C19H21N3O4S/c1-21(12-15-13-25-18-8-4-5-9-19(18)26-15)27(23,24)11-10-22-14-20-16-6-2-3-7-17(16)22/h2-9,14-15H,10-13H2,1H3. The van der Waals surface area contributed by atoms with Crippen molar-refractivity contribution in [3.05, 3.63) is 54.9 Å². The maximum absolute atomic E-state index is 12.7. The predicted molar refractivity (Wildman–Crippen MR) is 103 cm³/mol. The number of fused-ring (bicyclic) bond motifs is 2. The maximum atomic E-state index is 12.7. The van der Waals surface area contributed by atoms with Crippen LogP contribution in [-0.4, -0.2) is 54.3 Å². The van der Waals surface area contributed by atoms with E-state index >= 15 is 0 Å². The number of aromatic nitrogens is 2. The van der Waals surface area contributed by atoms with Gasteiger partial charge in [0.1, 0.15) is 12.7 Å². The fourth-order valence-electron chi connectivity index (χ4n) is 3.11. The fraction of sp³-hybridized carbons (Fsp3) is 0.316. The van der Waals surface area contributed by atoms with Crippen molar-refractivity contribution < 1.29 is 17.9 Å². The molecule has 0 N–H and O–H groups in total. The van der Waals surface area contributed by atoms with E-state index in [2.05, 4.69) is 4.98 Å². The molecule has 1 aliphatic rings. The average Bonchev–Trinajstić information content (AvgIpc) is 3.09. The molecule has 0 bridgehead atoms. The van der Waals surface area contributed by atoms with E-state index in [1.54, 1.807) is 13.4 Å². The number of hydrogen-bond acceptors (Lipinski definition) is 5. The van der Waals surface area contributed by atoms with Crippen LogP contribution < -0.4 is 9.47 Å². The summed E-state index contributed by atoms with van der Waals surface area (Å²) in [6.45, 7) is 0.905. The van der Waals surface area contributed by atoms with Gasteiger partial charge in [0.15, 0.2) is 11.5 Å². The summed E-state index contributed by atoms with van der Waals surface area (Å²) in [6, 6.07) is 15.1. The molecule has 2 heterocycles. The monoisotopic (exact) mass is 387 g/mol. The second kappa shape index (κ2) is 7.21. The first-order chi connectivity index (χ1) is 13.0. The Labute approximate surface area is 158 Å². The molecule has 8 heteroatoms. The number of benzene rings is 2. The van der Waals surface area contributed by atoms with Crippen LogP contribution in [0.15, 0.2) is 54.9 Å². The largest absolute Gasteiger partial charge is 0.486 e. The minimum absolute atomic E-state index is 0.00593. The number of sulfonamides is 1. The molecule has 0 spiro atoms. The lowest BCUT2D eigenvalue weighted by molar-refractivity contribution is 0.0798. The number of aryl methyl sites for hydroxylation is 1. The number of likely N-dealkylation sites (N-methyl/N-ethyl adjacent to an activating group) is 1. The van der Waals surface area contributed by atoms with Crippen molar-refractivity contribution in [3.63, 3.8) is 0 Å². The van der Waals surface area contributed by atoms with Crippen molar-refractivity contribution in [1.82, 2.24) is 13.9 Å². The van der Waals surface area contributed by atoms with Crippen molar-refractivity contribution in [1.29, 1.82) is 0 Å². The first kappa shape index (κ1) is 17.8. The van der Waals surface area contributed by atoms with Gasteiger partial charge < -0.3 is 14.0 Å². The Morgan fingerprint density at radius 2 is 1.89 bits per heavy atom. The molecule has 0 aliphatic carbocycles. The first-order valence-corrected chi connectivity index (χ1v) is 10.4. The van der Waals surface area contributed by atoms with Gasteiger partial charge >= 0.3 is 0 Å². The highest BCUT2D eigenvalue weighted by Crippen LogP contribution is 2.31. The zero-order chi connectivity index (χ0) is 18.9. The van der Waals surface area contributed by atoms with Gasteiger partial charge in [0.25, 0.3) is 0 Å². The molecule has 1 unspecified atom stereocenters. The van der Waals surface area contributed by atoms with Crippen molar-refractivity contribution in [2.45, 2.75) is 12.6 Å². The van der Waals surface area contributed by atoms with Gasteiger partial charge in [-0.05, 0) is 24.3 Å². The number of imidazole rings is 1. The summed E-state index contributed by atoms with van der Waals surface area (Å²) >= 11 is 0. The molecule has 3 aromatic rings. The summed E-state index contributed by atoms with van der Waals surface area (Å²) in [5.41, 5.74) is 1.78. The molecular weight excluding hydrogens is 366 g/mol. The highest BCUT2D eigenvalue weighted by Gasteiger charge is 2.26. The fourth-order valence-corrected chi connectivity index (χ4v) is 4.24. The number of rotatable bonds is 6. The lowest BCUT2D eigenvalue weighted by atomic mass is 10.2. The van der Waals surface area contributed by atoms with Crippen LogP contribution in [0.3, 0.4) is 0 Å². The molecule has 4 rings (SSSR count). The topological polar surface area (TPSA) is 73.7 Å². The molecule has 0 saturated carbocycles. The van der Waals surface area contributed by atoms with Gasteiger partial charge in [0, 0.05) is 13.6 Å². The van der Waals surface area contributed by atoms with Crippen LogP contribution in [-0.2, 0) is 16.6 Å². The molecule has 1 atom stereocenters. The SMILES string of the molecule is CN(CC1COc2ccccc2O1)S(=O)(=O)CCn1cnc2ccccc21. The van der Waals surface area contributed by atoms with Gasteiger partial charge in [-0.15, -0.1) is 0 Å². The Kier molecular flexibility index (Phi) is 4.75. The summed E-state index contributed by atoms with van der Waals surface area (Å²) in [4.78, 5) is 4.30. The van der Waals surface area contributed by atoms with E-state index in [1.165, 1.54) is 4.31 Å². The number of nitrogens with zero attached hydrogens (tertiary/aromatic N) is 3. The highest BCUT2D eigenvalue weighted by molar-refractivity contribution is 7.89. The van der Waals surface area contributed by atoms with Crippen LogP contribution in [0.1, 0.15) is 0 Å². The molecule has 1 aliphatic heterocycles. The molecular formula is C19H21N3O4S. The van der Waals surface area contributed by atoms with E-state index in [-0.39, 0.29) is 18.4 Å². The summed E-state index contributed by atoms with van der Waals surface area (Å²) in [5.74, 6) is 1.32. The van der Waals surface area contributed by atoms with Gasteiger partial charge in [0.2, 0.25) is 10.0 Å². The number of para-hydroxylation sites is 4. The van der Waals surface area contributed by atoms with Crippen LogP contribution in [0.25, 0.3) is 11.0 Å². The lowest BCUT2D eigenvalue weighted by Gasteiger charge is -2.29. The molecule has 0 amide bonds. The van der Waals surface area contributed by atoms with Gasteiger partial charge in [-0.3, -0.25) is 0 Å². The quantitative estimate of drug-likeness (QED) is 0.648. The molecule has 2 aromatic carbocycles. The summed E-state index contributed by atoms with van der Waals surface area (Å²) in [5, 5.41) is 0.